The van der Waals surface area contributed by atoms with Crippen molar-refractivity contribution in [3.05, 3.63) is 69.1 Å². The number of aryl methyl sites for hydroxylation is 3. The molecule has 0 saturated heterocycles. The molecule has 0 amide bonds. The highest BCUT2D eigenvalue weighted by atomic mass is 32.2. The van der Waals surface area contributed by atoms with Crippen molar-refractivity contribution in [3.8, 4) is 5.69 Å². The first-order valence-electron chi connectivity index (χ1n) is 9.54. The minimum Gasteiger partial charge on any atom is -0.337 e. The average molecular weight is 427 g/mol. The van der Waals surface area contributed by atoms with Gasteiger partial charge < -0.3 is 4.57 Å². The summed E-state index contributed by atoms with van der Waals surface area (Å²) in [4.78, 5) is 24.8. The number of hydrogen-bond donors (Lipinski definition) is 0. The predicted octanol–water partition coefficient (Wildman–Crippen LogP) is 4.49. The monoisotopic (exact) mass is 426 g/mol. The number of aromatic nitrogens is 4. The molecule has 3 heterocycles. The molecule has 0 fully saturated rings. The average Bonchev–Trinajstić information content (AvgIpc) is 3.30. The van der Waals surface area contributed by atoms with E-state index in [1.807, 2.05) is 17.8 Å². The van der Waals surface area contributed by atoms with Crippen LogP contribution in [0.1, 0.15) is 29.1 Å². The summed E-state index contributed by atoms with van der Waals surface area (Å²) in [6.07, 6.45) is 7.72. The molecule has 3 aromatic heterocycles. The molecular formula is C21H19FN4OS2. The first-order chi connectivity index (χ1) is 14.1. The number of hydrogen-bond acceptors (Lipinski definition) is 5. The van der Waals surface area contributed by atoms with Gasteiger partial charge in [-0.25, -0.2) is 14.4 Å². The molecule has 1 aliphatic rings. The lowest BCUT2D eigenvalue weighted by Gasteiger charge is -2.14. The maximum atomic E-state index is 14.7. The van der Waals surface area contributed by atoms with Crippen molar-refractivity contribution in [3.63, 3.8) is 0 Å². The number of benzene rings is 1. The Morgan fingerprint density at radius 2 is 2.07 bits per heavy atom. The Labute approximate surface area is 175 Å². The van der Waals surface area contributed by atoms with Crippen molar-refractivity contribution in [1.82, 2.24) is 19.1 Å². The lowest BCUT2D eigenvalue weighted by molar-refractivity contribution is 0.608. The number of halogens is 1. The molecule has 5 rings (SSSR count). The molecule has 8 heteroatoms. The van der Waals surface area contributed by atoms with E-state index in [2.05, 4.69) is 4.98 Å². The van der Waals surface area contributed by atoms with Crippen LogP contribution in [0.25, 0.3) is 15.9 Å². The molecule has 5 nitrogen and oxygen atoms in total. The first kappa shape index (κ1) is 18.6. The SMILES string of the molecule is Cn1ccnc1CSc1nc2sc3c(c2c(=O)n1-c1ccccc1F)CCCC3. The molecular weight excluding hydrogens is 407 g/mol. The second-order valence-corrected chi connectivity index (χ2v) is 9.15. The molecule has 0 saturated carbocycles. The molecule has 148 valence electrons. The Morgan fingerprint density at radius 3 is 2.86 bits per heavy atom. The molecule has 0 atom stereocenters. The molecule has 1 aliphatic carbocycles. The van der Waals surface area contributed by atoms with Crippen LogP contribution in [-0.4, -0.2) is 19.1 Å². The minimum absolute atomic E-state index is 0.179. The Morgan fingerprint density at radius 1 is 1.24 bits per heavy atom. The summed E-state index contributed by atoms with van der Waals surface area (Å²) in [5.41, 5.74) is 1.17. The number of thioether (sulfide) groups is 1. The molecule has 0 N–H and O–H groups in total. The molecule has 29 heavy (non-hydrogen) atoms. The van der Waals surface area contributed by atoms with Crippen molar-refractivity contribution >= 4 is 33.3 Å². The van der Waals surface area contributed by atoms with Crippen LogP contribution in [0, 0.1) is 5.82 Å². The van der Waals surface area contributed by atoms with Crippen LogP contribution in [0.2, 0.25) is 0 Å². The number of thiophene rings is 1. The van der Waals surface area contributed by atoms with Crippen LogP contribution in [0.5, 0.6) is 0 Å². The third-order valence-corrected chi connectivity index (χ3v) is 7.42. The van der Waals surface area contributed by atoms with Gasteiger partial charge in [-0.05, 0) is 43.4 Å². The van der Waals surface area contributed by atoms with Crippen molar-refractivity contribution in [2.24, 2.45) is 7.05 Å². The standard InChI is InChI=1S/C21H19FN4OS2/c1-25-11-10-23-17(25)12-28-21-24-19-18(13-6-2-5-9-16(13)29-19)20(27)26(21)15-8-4-3-7-14(15)22/h3-4,7-8,10-11H,2,5-6,9,12H2,1H3. The van der Waals surface area contributed by atoms with Crippen LogP contribution in [0.3, 0.4) is 0 Å². The van der Waals surface area contributed by atoms with Gasteiger partial charge in [-0.2, -0.15) is 0 Å². The minimum atomic E-state index is -0.432. The molecule has 1 aromatic carbocycles. The predicted molar refractivity (Wildman–Crippen MR) is 115 cm³/mol. The summed E-state index contributed by atoms with van der Waals surface area (Å²) in [5, 5.41) is 1.16. The molecule has 0 aliphatic heterocycles. The molecule has 0 bridgehead atoms. The van der Waals surface area contributed by atoms with Crippen molar-refractivity contribution in [2.45, 2.75) is 36.6 Å². The van der Waals surface area contributed by atoms with Gasteiger partial charge in [0.2, 0.25) is 0 Å². The maximum absolute atomic E-state index is 14.7. The summed E-state index contributed by atoms with van der Waals surface area (Å²) >= 11 is 3.02. The van der Waals surface area contributed by atoms with Gasteiger partial charge in [-0.1, -0.05) is 23.9 Å². The lowest BCUT2D eigenvalue weighted by Crippen LogP contribution is -2.23. The van der Waals surface area contributed by atoms with Gasteiger partial charge >= 0.3 is 0 Å². The van der Waals surface area contributed by atoms with Gasteiger partial charge in [-0.3, -0.25) is 9.36 Å². The van der Waals surface area contributed by atoms with Crippen LogP contribution in [0.15, 0.2) is 46.6 Å². The fourth-order valence-electron chi connectivity index (χ4n) is 3.79. The van der Waals surface area contributed by atoms with E-state index in [1.165, 1.54) is 27.3 Å². The highest BCUT2D eigenvalue weighted by molar-refractivity contribution is 7.98. The molecule has 4 aromatic rings. The van der Waals surface area contributed by atoms with E-state index in [0.717, 1.165) is 41.9 Å². The first-order valence-corrected chi connectivity index (χ1v) is 11.3. The molecule has 0 radical (unpaired) electrons. The van der Waals surface area contributed by atoms with E-state index < -0.39 is 5.82 Å². The second kappa shape index (κ2) is 7.42. The van der Waals surface area contributed by atoms with Crippen LogP contribution in [-0.2, 0) is 25.6 Å². The third-order valence-electron chi connectivity index (χ3n) is 5.30. The van der Waals surface area contributed by atoms with E-state index in [4.69, 9.17) is 4.98 Å². The van der Waals surface area contributed by atoms with Gasteiger partial charge in [-0.15, -0.1) is 11.3 Å². The topological polar surface area (TPSA) is 52.7 Å². The Kier molecular flexibility index (Phi) is 4.75. The van der Waals surface area contributed by atoms with Crippen LogP contribution < -0.4 is 5.56 Å². The summed E-state index contributed by atoms with van der Waals surface area (Å²) in [6.45, 7) is 0. The number of nitrogens with zero attached hydrogens (tertiary/aromatic N) is 4. The van der Waals surface area contributed by atoms with Crippen molar-refractivity contribution < 1.29 is 4.39 Å². The highest BCUT2D eigenvalue weighted by Gasteiger charge is 2.24. The largest absolute Gasteiger partial charge is 0.337 e. The van der Waals surface area contributed by atoms with Crippen LogP contribution >= 0.6 is 23.1 Å². The zero-order chi connectivity index (χ0) is 20.0. The number of imidazole rings is 1. The van der Waals surface area contributed by atoms with E-state index in [0.29, 0.717) is 16.3 Å². The quantitative estimate of drug-likeness (QED) is 0.356. The maximum Gasteiger partial charge on any atom is 0.267 e. The number of fused-ring (bicyclic) bond motifs is 3. The molecule has 0 spiro atoms. The Balaban J connectivity index is 1.71. The summed E-state index contributed by atoms with van der Waals surface area (Å²) in [7, 11) is 1.93. The van der Waals surface area contributed by atoms with Gasteiger partial charge in [0.15, 0.2) is 5.16 Å². The zero-order valence-electron chi connectivity index (χ0n) is 15.9. The Bertz CT molecular complexity index is 1270. The van der Waals surface area contributed by atoms with E-state index in [1.54, 1.807) is 35.7 Å². The summed E-state index contributed by atoms with van der Waals surface area (Å²) in [6, 6.07) is 6.38. The number of rotatable bonds is 4. The summed E-state index contributed by atoms with van der Waals surface area (Å²) < 4.78 is 18.0. The molecule has 0 unspecified atom stereocenters. The van der Waals surface area contributed by atoms with Gasteiger partial charge in [0.1, 0.15) is 16.5 Å². The zero-order valence-corrected chi connectivity index (χ0v) is 17.5. The van der Waals surface area contributed by atoms with Gasteiger partial charge in [0.25, 0.3) is 5.56 Å². The van der Waals surface area contributed by atoms with Crippen LogP contribution in [0.4, 0.5) is 4.39 Å². The normalized spacial score (nSPS) is 13.7. The van der Waals surface area contributed by atoms with E-state index in [-0.39, 0.29) is 11.2 Å². The fraction of sp³-hybridized carbons (Fsp3) is 0.286. The third kappa shape index (κ3) is 3.20. The highest BCUT2D eigenvalue weighted by Crippen LogP contribution is 2.35. The van der Waals surface area contributed by atoms with Gasteiger partial charge in [0, 0.05) is 24.3 Å². The smallest absolute Gasteiger partial charge is 0.267 e. The van der Waals surface area contributed by atoms with Crippen molar-refractivity contribution in [2.75, 3.05) is 0 Å². The summed E-state index contributed by atoms with van der Waals surface area (Å²) in [5.74, 6) is 0.981. The van der Waals surface area contributed by atoms with E-state index in [9.17, 15) is 9.18 Å². The number of para-hydroxylation sites is 1. The van der Waals surface area contributed by atoms with Crippen molar-refractivity contribution in [1.29, 1.82) is 0 Å². The Hall–Kier alpha value is -2.45. The lowest BCUT2D eigenvalue weighted by atomic mass is 9.97. The second-order valence-electron chi connectivity index (χ2n) is 7.12. The van der Waals surface area contributed by atoms with Gasteiger partial charge in [0.05, 0.1) is 16.8 Å². The fourth-order valence-corrected chi connectivity index (χ4v) is 6.11. The van der Waals surface area contributed by atoms with E-state index >= 15 is 0 Å².